The number of anilines is 1. The summed E-state index contributed by atoms with van der Waals surface area (Å²) in [5.74, 6) is -0.906. The van der Waals surface area contributed by atoms with Gasteiger partial charge >= 0.3 is 5.97 Å². The second-order valence-electron chi connectivity index (χ2n) is 4.64. The number of hydrogen-bond donors (Lipinski definition) is 1. The molecule has 4 heteroatoms. The lowest BCUT2D eigenvalue weighted by Gasteiger charge is -2.23. The van der Waals surface area contributed by atoms with Gasteiger partial charge in [0.05, 0.1) is 17.8 Å². The smallest absolute Gasteiger partial charge is 0.335 e. The fourth-order valence-electron chi connectivity index (χ4n) is 2.10. The molecule has 1 N–H and O–H groups in total. The molecule has 0 radical (unpaired) electrons. The molecule has 1 heterocycles. The van der Waals surface area contributed by atoms with Crippen LogP contribution in [0.1, 0.15) is 28.7 Å². The van der Waals surface area contributed by atoms with E-state index in [1.165, 1.54) is 0 Å². The van der Waals surface area contributed by atoms with Gasteiger partial charge in [0, 0.05) is 17.9 Å². The standard InChI is InChI=1S/C16H18N2O2/c1-3-18(11-14-8-4-6-12(2)17-14)15-9-5-7-13(10-15)16(19)20/h4-10H,3,11H2,1-2H3,(H,19,20). The first-order valence-electron chi connectivity index (χ1n) is 6.61. The number of benzene rings is 1. The van der Waals surface area contributed by atoms with E-state index in [1.54, 1.807) is 18.2 Å². The number of aryl methyl sites for hydroxylation is 1. The molecule has 1 aromatic heterocycles. The lowest BCUT2D eigenvalue weighted by Crippen LogP contribution is -2.23. The average Bonchev–Trinajstić information content (AvgIpc) is 2.45. The molecule has 0 unspecified atom stereocenters. The molecule has 0 saturated carbocycles. The van der Waals surface area contributed by atoms with Crippen LogP contribution < -0.4 is 4.90 Å². The van der Waals surface area contributed by atoms with Crippen LogP contribution in [0.5, 0.6) is 0 Å². The highest BCUT2D eigenvalue weighted by Gasteiger charge is 2.09. The molecular formula is C16H18N2O2. The predicted molar refractivity (Wildman–Crippen MR) is 79.1 cm³/mol. The van der Waals surface area contributed by atoms with Gasteiger partial charge in [-0.3, -0.25) is 4.98 Å². The first kappa shape index (κ1) is 14.1. The van der Waals surface area contributed by atoms with Gasteiger partial charge in [-0.25, -0.2) is 4.79 Å². The maximum absolute atomic E-state index is 11.0. The molecule has 20 heavy (non-hydrogen) atoms. The first-order chi connectivity index (χ1) is 9.60. The molecule has 0 fully saturated rings. The summed E-state index contributed by atoms with van der Waals surface area (Å²) in [5, 5.41) is 9.06. The third-order valence-electron chi connectivity index (χ3n) is 3.14. The van der Waals surface area contributed by atoms with Crippen molar-refractivity contribution in [2.45, 2.75) is 20.4 Å². The Hall–Kier alpha value is -2.36. The molecule has 0 spiro atoms. The Morgan fingerprint density at radius 3 is 2.65 bits per heavy atom. The minimum Gasteiger partial charge on any atom is -0.478 e. The molecule has 0 aliphatic carbocycles. The van der Waals surface area contributed by atoms with Crippen molar-refractivity contribution in [2.75, 3.05) is 11.4 Å². The van der Waals surface area contributed by atoms with Crippen molar-refractivity contribution in [3.63, 3.8) is 0 Å². The zero-order valence-electron chi connectivity index (χ0n) is 11.7. The van der Waals surface area contributed by atoms with Crippen molar-refractivity contribution in [3.8, 4) is 0 Å². The summed E-state index contributed by atoms with van der Waals surface area (Å²) in [7, 11) is 0. The SMILES string of the molecule is CCN(Cc1cccc(C)n1)c1cccc(C(=O)O)c1. The Morgan fingerprint density at radius 1 is 1.25 bits per heavy atom. The van der Waals surface area contributed by atoms with Gasteiger partial charge in [-0.15, -0.1) is 0 Å². The molecule has 1 aromatic carbocycles. The predicted octanol–water partition coefficient (Wildman–Crippen LogP) is 3.11. The van der Waals surface area contributed by atoms with Crippen molar-refractivity contribution in [1.82, 2.24) is 4.98 Å². The number of rotatable bonds is 5. The van der Waals surface area contributed by atoms with Crippen molar-refractivity contribution >= 4 is 11.7 Å². The van der Waals surface area contributed by atoms with E-state index in [4.69, 9.17) is 5.11 Å². The van der Waals surface area contributed by atoms with E-state index in [9.17, 15) is 4.79 Å². The lowest BCUT2D eigenvalue weighted by molar-refractivity contribution is 0.0697. The molecule has 0 aliphatic heterocycles. The number of carboxylic acid groups (broad SMARTS) is 1. The molecule has 4 nitrogen and oxygen atoms in total. The number of nitrogens with zero attached hydrogens (tertiary/aromatic N) is 2. The molecule has 0 aliphatic rings. The highest BCUT2D eigenvalue weighted by molar-refractivity contribution is 5.88. The molecule has 2 aromatic rings. The van der Waals surface area contributed by atoms with E-state index in [-0.39, 0.29) is 0 Å². The van der Waals surface area contributed by atoms with E-state index >= 15 is 0 Å². The van der Waals surface area contributed by atoms with Crippen molar-refractivity contribution in [1.29, 1.82) is 0 Å². The maximum Gasteiger partial charge on any atom is 0.335 e. The van der Waals surface area contributed by atoms with Crippen molar-refractivity contribution in [2.24, 2.45) is 0 Å². The highest BCUT2D eigenvalue weighted by atomic mass is 16.4. The van der Waals surface area contributed by atoms with Gasteiger partial charge in [0.1, 0.15) is 0 Å². The van der Waals surface area contributed by atoms with E-state index < -0.39 is 5.97 Å². The summed E-state index contributed by atoms with van der Waals surface area (Å²) < 4.78 is 0. The van der Waals surface area contributed by atoms with E-state index in [0.29, 0.717) is 12.1 Å². The maximum atomic E-state index is 11.0. The fraction of sp³-hybridized carbons (Fsp3) is 0.250. The van der Waals surface area contributed by atoms with Crippen LogP contribution in [0.3, 0.4) is 0 Å². The summed E-state index contributed by atoms with van der Waals surface area (Å²) in [6.07, 6.45) is 0. The number of carbonyl (C=O) groups is 1. The van der Waals surface area contributed by atoms with Crippen LogP contribution in [-0.2, 0) is 6.54 Å². The number of hydrogen-bond acceptors (Lipinski definition) is 3. The fourth-order valence-corrected chi connectivity index (χ4v) is 2.10. The molecule has 2 rings (SSSR count). The summed E-state index contributed by atoms with van der Waals surface area (Å²) in [4.78, 5) is 17.6. The Morgan fingerprint density at radius 2 is 2.00 bits per heavy atom. The molecular weight excluding hydrogens is 252 g/mol. The van der Waals surface area contributed by atoms with E-state index in [1.807, 2.05) is 38.1 Å². The molecule has 0 bridgehead atoms. The minimum absolute atomic E-state index is 0.304. The summed E-state index contributed by atoms with van der Waals surface area (Å²) in [5.41, 5.74) is 3.17. The van der Waals surface area contributed by atoms with Gasteiger partial charge in [-0.05, 0) is 44.2 Å². The van der Waals surface area contributed by atoms with Crippen LogP contribution >= 0.6 is 0 Å². The van der Waals surface area contributed by atoms with Gasteiger partial charge in [0.15, 0.2) is 0 Å². The van der Waals surface area contributed by atoms with Crippen molar-refractivity contribution < 1.29 is 9.90 Å². The minimum atomic E-state index is -0.906. The molecule has 0 amide bonds. The van der Waals surface area contributed by atoms with Gasteiger partial charge in [-0.1, -0.05) is 12.1 Å². The van der Waals surface area contributed by atoms with Crippen LogP contribution in [-0.4, -0.2) is 22.6 Å². The van der Waals surface area contributed by atoms with Gasteiger partial charge in [0.2, 0.25) is 0 Å². The topological polar surface area (TPSA) is 53.4 Å². The molecule has 104 valence electrons. The molecule has 0 atom stereocenters. The van der Waals surface area contributed by atoms with Gasteiger partial charge < -0.3 is 10.0 Å². The third kappa shape index (κ3) is 3.35. The average molecular weight is 270 g/mol. The summed E-state index contributed by atoms with van der Waals surface area (Å²) >= 11 is 0. The zero-order chi connectivity index (χ0) is 14.5. The van der Waals surface area contributed by atoms with Crippen LogP contribution in [0.15, 0.2) is 42.5 Å². The van der Waals surface area contributed by atoms with E-state index in [0.717, 1.165) is 23.6 Å². The van der Waals surface area contributed by atoms with Gasteiger partial charge in [0.25, 0.3) is 0 Å². The lowest BCUT2D eigenvalue weighted by atomic mass is 10.2. The first-order valence-corrected chi connectivity index (χ1v) is 6.61. The Balaban J connectivity index is 2.24. The monoisotopic (exact) mass is 270 g/mol. The number of pyridine rings is 1. The summed E-state index contributed by atoms with van der Waals surface area (Å²) in [6, 6.07) is 12.9. The number of aromatic carboxylic acids is 1. The highest BCUT2D eigenvalue weighted by Crippen LogP contribution is 2.18. The number of carboxylic acids is 1. The Bertz CT molecular complexity index is 611. The Kier molecular flexibility index (Phi) is 4.35. The van der Waals surface area contributed by atoms with E-state index in [2.05, 4.69) is 9.88 Å². The largest absolute Gasteiger partial charge is 0.478 e. The zero-order valence-corrected chi connectivity index (χ0v) is 11.7. The van der Waals surface area contributed by atoms with Crippen LogP contribution in [0.4, 0.5) is 5.69 Å². The Labute approximate surface area is 118 Å². The second-order valence-corrected chi connectivity index (χ2v) is 4.64. The second kappa shape index (κ2) is 6.19. The van der Waals surface area contributed by atoms with Crippen LogP contribution in [0.2, 0.25) is 0 Å². The number of aromatic nitrogens is 1. The summed E-state index contributed by atoms with van der Waals surface area (Å²) in [6.45, 7) is 5.47. The normalized spacial score (nSPS) is 10.3. The van der Waals surface area contributed by atoms with Crippen LogP contribution in [0.25, 0.3) is 0 Å². The van der Waals surface area contributed by atoms with Crippen molar-refractivity contribution in [3.05, 3.63) is 59.4 Å². The van der Waals surface area contributed by atoms with Crippen LogP contribution in [0, 0.1) is 6.92 Å². The molecule has 0 saturated heterocycles. The quantitative estimate of drug-likeness (QED) is 0.907. The van der Waals surface area contributed by atoms with Gasteiger partial charge in [-0.2, -0.15) is 0 Å². The third-order valence-corrected chi connectivity index (χ3v) is 3.14.